The van der Waals surface area contributed by atoms with Gasteiger partial charge >= 0.3 is 0 Å². The molecule has 2 aromatic carbocycles. The van der Waals surface area contributed by atoms with Crippen LogP contribution in [0, 0.1) is 0 Å². The molecule has 8 nitrogen and oxygen atoms in total. The molecule has 0 bridgehead atoms. The molecule has 9 heteroatoms. The predicted molar refractivity (Wildman–Crippen MR) is 176 cm³/mol. The second-order valence-electron chi connectivity index (χ2n) is 13.1. The first-order chi connectivity index (χ1) is 21.2. The number of hydrogen-bond donors (Lipinski definition) is 1. The van der Waals surface area contributed by atoms with Crippen molar-refractivity contribution in [2.75, 3.05) is 39.3 Å². The van der Waals surface area contributed by atoms with Gasteiger partial charge in [0.2, 0.25) is 5.91 Å². The van der Waals surface area contributed by atoms with Crippen LogP contribution < -0.4 is 5.73 Å². The van der Waals surface area contributed by atoms with Gasteiger partial charge in [0.25, 0.3) is 6.02 Å². The van der Waals surface area contributed by atoms with Crippen LogP contribution in [0.2, 0.25) is 5.02 Å². The lowest BCUT2D eigenvalue weighted by Crippen LogP contribution is -2.62. The molecule has 0 aromatic heterocycles. The summed E-state index contributed by atoms with van der Waals surface area (Å²) in [6, 6.07) is 17.0. The summed E-state index contributed by atoms with van der Waals surface area (Å²) >= 11 is 6.19. The van der Waals surface area contributed by atoms with E-state index in [4.69, 9.17) is 27.1 Å². The van der Waals surface area contributed by atoms with Gasteiger partial charge in [-0.25, -0.2) is 4.99 Å². The number of unbranched alkanes of at least 4 members (excludes halogenated alkanes) is 1. The molecule has 1 amide bonds. The fourth-order valence-corrected chi connectivity index (χ4v) is 6.88. The standard InChI is InChI=1S/C35H48ClN5O3/c1-35(2)32(27-13-5-3-6-14-27)44-34(38-35)40-22-23-41(30(25-40)31(42)18-17-26-12-11-15-28(36)24-26)33(43)29(37)16-7-10-21-39-19-8-4-9-20-39/h3,5-6,11-15,24,29-30,32H,4,7-10,16-23,25,37H2,1-2H3/t29-,30+,32?/m1/s1. The molecule has 5 rings (SSSR count). The van der Waals surface area contributed by atoms with Crippen LogP contribution in [0.4, 0.5) is 0 Å². The number of nitrogens with zero attached hydrogens (tertiary/aromatic N) is 4. The maximum atomic E-state index is 13.8. The first kappa shape index (κ1) is 32.5. The number of carbonyl (C=O) groups is 2. The van der Waals surface area contributed by atoms with Crippen molar-refractivity contribution in [2.24, 2.45) is 10.7 Å². The maximum absolute atomic E-state index is 13.8. The molecule has 1 unspecified atom stereocenters. The van der Waals surface area contributed by atoms with E-state index >= 15 is 0 Å². The lowest BCUT2D eigenvalue weighted by atomic mass is 9.93. The van der Waals surface area contributed by atoms with E-state index in [9.17, 15) is 9.59 Å². The number of halogens is 1. The zero-order valence-electron chi connectivity index (χ0n) is 26.3. The smallest absolute Gasteiger partial charge is 0.288 e. The summed E-state index contributed by atoms with van der Waals surface area (Å²) < 4.78 is 6.45. The van der Waals surface area contributed by atoms with E-state index in [-0.39, 0.29) is 17.8 Å². The second kappa shape index (κ2) is 14.9. The highest BCUT2D eigenvalue weighted by Gasteiger charge is 2.44. The number of aryl methyl sites for hydroxylation is 1. The van der Waals surface area contributed by atoms with Crippen LogP contribution in [0.3, 0.4) is 0 Å². The molecule has 2 N–H and O–H groups in total. The minimum atomic E-state index is -0.625. The normalized spacial score (nSPS) is 22.8. The van der Waals surface area contributed by atoms with Crippen LogP contribution in [0.1, 0.15) is 76.0 Å². The summed E-state index contributed by atoms with van der Waals surface area (Å²) in [5.74, 6) is -0.127. The number of aliphatic imine (C=N–C) groups is 1. The molecule has 0 spiro atoms. The third-order valence-corrected chi connectivity index (χ3v) is 9.45. The summed E-state index contributed by atoms with van der Waals surface area (Å²) in [5.41, 5.74) is 8.09. The molecule has 2 aromatic rings. The Kier molecular flexibility index (Phi) is 11.0. The van der Waals surface area contributed by atoms with Crippen molar-refractivity contribution in [3.8, 4) is 0 Å². The van der Waals surface area contributed by atoms with Gasteiger partial charge < -0.3 is 25.2 Å². The SMILES string of the molecule is CC1(C)N=C(N2CCN(C(=O)[C@H](N)CCCCN3CCCCC3)[C@H](C(=O)CCc3cccc(Cl)c3)C2)OC1c1ccccc1. The molecule has 0 saturated carbocycles. The third kappa shape index (κ3) is 8.20. The van der Waals surface area contributed by atoms with Gasteiger partial charge in [-0.2, -0.15) is 0 Å². The van der Waals surface area contributed by atoms with E-state index < -0.39 is 17.6 Å². The van der Waals surface area contributed by atoms with Gasteiger partial charge in [-0.3, -0.25) is 9.59 Å². The number of ether oxygens (including phenoxy) is 1. The van der Waals surface area contributed by atoms with Crippen LogP contribution in [-0.2, 0) is 20.7 Å². The minimum Gasteiger partial charge on any atom is -0.454 e. The van der Waals surface area contributed by atoms with Crippen molar-refractivity contribution >= 4 is 29.3 Å². The number of carbonyl (C=O) groups excluding carboxylic acids is 2. The van der Waals surface area contributed by atoms with Crippen molar-refractivity contribution in [2.45, 2.75) is 88.9 Å². The molecule has 3 atom stereocenters. The molecule has 44 heavy (non-hydrogen) atoms. The molecular formula is C35H48ClN5O3. The Morgan fingerprint density at radius 1 is 1.02 bits per heavy atom. The topological polar surface area (TPSA) is 91.5 Å². The summed E-state index contributed by atoms with van der Waals surface area (Å²) in [7, 11) is 0. The summed E-state index contributed by atoms with van der Waals surface area (Å²) in [6.45, 7) is 8.79. The molecule has 3 heterocycles. The zero-order chi connectivity index (χ0) is 31.1. The number of hydrogen-bond acceptors (Lipinski definition) is 7. The average Bonchev–Trinajstić information content (AvgIpc) is 3.37. The number of benzene rings is 2. The van der Waals surface area contributed by atoms with Gasteiger partial charge in [0.05, 0.1) is 6.04 Å². The second-order valence-corrected chi connectivity index (χ2v) is 13.5. The number of amides is 1. The predicted octanol–water partition coefficient (Wildman–Crippen LogP) is 5.24. The van der Waals surface area contributed by atoms with Crippen molar-refractivity contribution in [1.29, 1.82) is 0 Å². The number of rotatable bonds is 11. The Morgan fingerprint density at radius 2 is 1.80 bits per heavy atom. The Morgan fingerprint density at radius 3 is 2.55 bits per heavy atom. The first-order valence-electron chi connectivity index (χ1n) is 16.3. The van der Waals surface area contributed by atoms with Crippen LogP contribution in [0.15, 0.2) is 59.6 Å². The Balaban J connectivity index is 1.25. The third-order valence-electron chi connectivity index (χ3n) is 9.21. The monoisotopic (exact) mass is 621 g/mol. The maximum Gasteiger partial charge on any atom is 0.288 e. The van der Waals surface area contributed by atoms with Crippen molar-refractivity contribution < 1.29 is 14.3 Å². The summed E-state index contributed by atoms with van der Waals surface area (Å²) in [5, 5.41) is 0.647. The quantitative estimate of drug-likeness (QED) is 0.345. The Bertz CT molecular complexity index is 1300. The highest BCUT2D eigenvalue weighted by Crippen LogP contribution is 2.38. The molecule has 2 saturated heterocycles. The van der Waals surface area contributed by atoms with Crippen molar-refractivity contribution in [3.63, 3.8) is 0 Å². The molecule has 238 valence electrons. The van der Waals surface area contributed by atoms with Crippen LogP contribution >= 0.6 is 11.6 Å². The molecular weight excluding hydrogens is 574 g/mol. The summed E-state index contributed by atoms with van der Waals surface area (Å²) in [4.78, 5) is 38.8. The Hall–Kier alpha value is -2.94. The average molecular weight is 622 g/mol. The molecule has 0 radical (unpaired) electrons. The van der Waals surface area contributed by atoms with E-state index in [0.29, 0.717) is 49.9 Å². The number of piperazine rings is 1. The molecule has 3 aliphatic rings. The van der Waals surface area contributed by atoms with Crippen molar-refractivity contribution in [3.05, 3.63) is 70.7 Å². The van der Waals surface area contributed by atoms with E-state index in [1.165, 1.54) is 32.4 Å². The van der Waals surface area contributed by atoms with E-state index in [1.54, 1.807) is 4.90 Å². The Labute approximate surface area is 267 Å². The molecule has 3 aliphatic heterocycles. The van der Waals surface area contributed by atoms with E-state index in [1.807, 2.05) is 47.4 Å². The minimum absolute atomic E-state index is 0.0118. The van der Waals surface area contributed by atoms with Crippen LogP contribution in [0.25, 0.3) is 0 Å². The van der Waals surface area contributed by atoms with Crippen LogP contribution in [-0.4, -0.2) is 89.3 Å². The van der Waals surface area contributed by atoms with Crippen molar-refractivity contribution in [1.82, 2.24) is 14.7 Å². The lowest BCUT2D eigenvalue weighted by Gasteiger charge is -2.42. The number of ketones is 1. The van der Waals surface area contributed by atoms with Gasteiger partial charge in [-0.05, 0) is 88.8 Å². The number of nitrogens with two attached hydrogens (primary N) is 1. The zero-order valence-corrected chi connectivity index (χ0v) is 27.1. The number of likely N-dealkylation sites (tertiary alicyclic amines) is 1. The van der Waals surface area contributed by atoms with Gasteiger partial charge in [0, 0.05) is 31.1 Å². The summed E-state index contributed by atoms with van der Waals surface area (Å²) in [6.07, 6.45) is 7.07. The first-order valence-corrected chi connectivity index (χ1v) is 16.7. The number of amidine groups is 1. The fraction of sp³-hybridized carbons (Fsp3) is 0.571. The lowest BCUT2D eigenvalue weighted by molar-refractivity contribution is -0.143. The number of piperidine rings is 1. The largest absolute Gasteiger partial charge is 0.454 e. The molecule has 0 aliphatic carbocycles. The van der Waals surface area contributed by atoms with Crippen LogP contribution in [0.5, 0.6) is 0 Å². The van der Waals surface area contributed by atoms with E-state index in [0.717, 1.165) is 30.5 Å². The highest BCUT2D eigenvalue weighted by molar-refractivity contribution is 6.30. The highest BCUT2D eigenvalue weighted by atomic mass is 35.5. The van der Waals surface area contributed by atoms with Gasteiger partial charge in [0.15, 0.2) is 11.9 Å². The van der Waals surface area contributed by atoms with Gasteiger partial charge in [-0.1, -0.05) is 66.9 Å². The van der Waals surface area contributed by atoms with Gasteiger partial charge in [-0.15, -0.1) is 0 Å². The van der Waals surface area contributed by atoms with Gasteiger partial charge in [0.1, 0.15) is 11.6 Å². The van der Waals surface area contributed by atoms with E-state index in [2.05, 4.69) is 30.9 Å². The fourth-order valence-electron chi connectivity index (χ4n) is 6.67. The number of Topliss-reactive ketones (excluding diaryl/α,β-unsaturated/α-hetero) is 1. The molecule has 2 fully saturated rings.